The molecule has 3 heterocycles. The molecule has 0 aliphatic carbocycles. The van der Waals surface area contributed by atoms with E-state index in [1.54, 1.807) is 13.2 Å². The Morgan fingerprint density at radius 3 is 2.39 bits per heavy atom. The van der Waals surface area contributed by atoms with Crippen LogP contribution < -0.4 is 5.32 Å². The second-order valence-electron chi connectivity index (χ2n) is 8.62. The van der Waals surface area contributed by atoms with Crippen molar-refractivity contribution in [3.8, 4) is 0 Å². The summed E-state index contributed by atoms with van der Waals surface area (Å²) in [4.78, 5) is 27.6. The maximum atomic E-state index is 12.3. The average molecular weight is 391 g/mol. The van der Waals surface area contributed by atoms with Crippen LogP contribution in [-0.2, 0) is 16.8 Å². The van der Waals surface area contributed by atoms with Crippen molar-refractivity contribution in [2.75, 3.05) is 52.9 Å². The highest BCUT2D eigenvalue weighted by atomic mass is 16.4. The Bertz CT molecular complexity index is 679. The number of amides is 1. The molecular formula is C20H34N6O2. The van der Waals surface area contributed by atoms with E-state index in [4.69, 9.17) is 4.42 Å². The number of rotatable bonds is 4. The number of piperazine rings is 1. The third-order valence-corrected chi connectivity index (χ3v) is 5.39. The summed E-state index contributed by atoms with van der Waals surface area (Å²) < 4.78 is 5.84. The molecule has 1 N–H and O–H groups in total. The van der Waals surface area contributed by atoms with Crippen molar-refractivity contribution in [3.05, 3.63) is 17.8 Å². The van der Waals surface area contributed by atoms with Crippen molar-refractivity contribution < 1.29 is 9.21 Å². The van der Waals surface area contributed by atoms with Crippen LogP contribution in [0.4, 0.5) is 0 Å². The molecule has 2 saturated heterocycles. The van der Waals surface area contributed by atoms with Crippen LogP contribution >= 0.6 is 0 Å². The van der Waals surface area contributed by atoms with Gasteiger partial charge in [-0.1, -0.05) is 20.8 Å². The van der Waals surface area contributed by atoms with E-state index in [9.17, 15) is 4.79 Å². The Morgan fingerprint density at radius 2 is 1.82 bits per heavy atom. The van der Waals surface area contributed by atoms with Crippen molar-refractivity contribution in [1.82, 2.24) is 25.0 Å². The summed E-state index contributed by atoms with van der Waals surface area (Å²) in [7, 11) is 1.79. The van der Waals surface area contributed by atoms with E-state index in [0.29, 0.717) is 19.0 Å². The summed E-state index contributed by atoms with van der Waals surface area (Å²) in [6.45, 7) is 12.7. The number of carbonyl (C=O) groups is 1. The van der Waals surface area contributed by atoms with Gasteiger partial charge in [-0.2, -0.15) is 0 Å². The lowest BCUT2D eigenvalue weighted by Gasteiger charge is -2.36. The number of oxazole rings is 1. The third-order valence-electron chi connectivity index (χ3n) is 5.39. The number of aliphatic imine (C=N–C) groups is 1. The van der Waals surface area contributed by atoms with Gasteiger partial charge in [0.25, 0.3) is 0 Å². The first kappa shape index (κ1) is 20.6. The monoisotopic (exact) mass is 390 g/mol. The van der Waals surface area contributed by atoms with Crippen LogP contribution in [0.1, 0.15) is 45.3 Å². The third kappa shape index (κ3) is 5.25. The minimum Gasteiger partial charge on any atom is -0.443 e. The molecule has 156 valence electrons. The first-order valence-electron chi connectivity index (χ1n) is 10.3. The van der Waals surface area contributed by atoms with Crippen LogP contribution in [0, 0.1) is 0 Å². The van der Waals surface area contributed by atoms with Gasteiger partial charge in [0, 0.05) is 51.7 Å². The fraction of sp³-hybridized carbons (Fsp3) is 0.750. The van der Waals surface area contributed by atoms with Crippen LogP contribution in [0.15, 0.2) is 15.6 Å². The number of guanidine groups is 1. The largest absolute Gasteiger partial charge is 0.443 e. The van der Waals surface area contributed by atoms with Crippen molar-refractivity contribution in [1.29, 1.82) is 0 Å². The van der Waals surface area contributed by atoms with Crippen molar-refractivity contribution in [2.24, 2.45) is 4.99 Å². The van der Waals surface area contributed by atoms with Crippen LogP contribution in [0.25, 0.3) is 0 Å². The number of aromatic nitrogens is 1. The standard InChI is InChI=1S/C20H34N6O2/c1-20(2,3)16-13-22-17(28-16)14-23-19(21-4)26-11-9-24(10-12-26)15-18(27)25-7-5-6-8-25/h13H,5-12,14-15H2,1-4H3,(H,21,23). The zero-order valence-electron chi connectivity index (χ0n) is 17.7. The van der Waals surface area contributed by atoms with Crippen LogP contribution in [-0.4, -0.2) is 84.4 Å². The molecule has 2 fully saturated rings. The van der Waals surface area contributed by atoms with Gasteiger partial charge in [0.05, 0.1) is 19.3 Å². The predicted octanol–water partition coefficient (Wildman–Crippen LogP) is 1.29. The molecule has 8 heteroatoms. The average Bonchev–Trinajstić information content (AvgIpc) is 3.35. The summed E-state index contributed by atoms with van der Waals surface area (Å²) in [5.74, 6) is 2.67. The van der Waals surface area contributed by atoms with E-state index in [-0.39, 0.29) is 11.3 Å². The molecule has 0 radical (unpaired) electrons. The van der Waals surface area contributed by atoms with Crippen molar-refractivity contribution >= 4 is 11.9 Å². The van der Waals surface area contributed by atoms with Gasteiger partial charge in [0.1, 0.15) is 5.76 Å². The normalized spacial score (nSPS) is 19.4. The Balaban J connectivity index is 1.44. The molecule has 0 bridgehead atoms. The van der Waals surface area contributed by atoms with E-state index < -0.39 is 0 Å². The van der Waals surface area contributed by atoms with Gasteiger partial charge in [-0.25, -0.2) is 4.98 Å². The molecule has 3 rings (SSSR count). The predicted molar refractivity (Wildman–Crippen MR) is 109 cm³/mol. The van der Waals surface area contributed by atoms with Gasteiger partial charge in [-0.3, -0.25) is 14.7 Å². The van der Waals surface area contributed by atoms with Gasteiger partial charge < -0.3 is 19.5 Å². The Morgan fingerprint density at radius 1 is 1.14 bits per heavy atom. The molecule has 1 amide bonds. The quantitative estimate of drug-likeness (QED) is 0.617. The van der Waals surface area contributed by atoms with Crippen LogP contribution in [0.3, 0.4) is 0 Å². The summed E-state index contributed by atoms with van der Waals surface area (Å²) in [6, 6.07) is 0. The highest BCUT2D eigenvalue weighted by Crippen LogP contribution is 2.22. The van der Waals surface area contributed by atoms with Crippen LogP contribution in [0.2, 0.25) is 0 Å². The van der Waals surface area contributed by atoms with Crippen molar-refractivity contribution in [3.63, 3.8) is 0 Å². The summed E-state index contributed by atoms with van der Waals surface area (Å²) in [5, 5.41) is 3.35. The number of nitrogens with one attached hydrogen (secondary N) is 1. The summed E-state index contributed by atoms with van der Waals surface area (Å²) in [6.07, 6.45) is 4.09. The zero-order valence-corrected chi connectivity index (χ0v) is 17.7. The molecule has 1 aromatic heterocycles. The number of hydrogen-bond acceptors (Lipinski definition) is 5. The number of likely N-dealkylation sites (tertiary alicyclic amines) is 1. The topological polar surface area (TPSA) is 77.2 Å². The minimum absolute atomic E-state index is 0.0459. The fourth-order valence-electron chi connectivity index (χ4n) is 3.60. The molecular weight excluding hydrogens is 356 g/mol. The van der Waals surface area contributed by atoms with E-state index >= 15 is 0 Å². The van der Waals surface area contributed by atoms with Gasteiger partial charge in [0.15, 0.2) is 5.96 Å². The first-order chi connectivity index (χ1) is 13.4. The van der Waals surface area contributed by atoms with Gasteiger partial charge in [0.2, 0.25) is 11.8 Å². The second-order valence-corrected chi connectivity index (χ2v) is 8.62. The van der Waals surface area contributed by atoms with E-state index in [2.05, 4.69) is 45.9 Å². The maximum absolute atomic E-state index is 12.3. The highest BCUT2D eigenvalue weighted by Gasteiger charge is 2.25. The first-order valence-corrected chi connectivity index (χ1v) is 10.3. The van der Waals surface area contributed by atoms with Gasteiger partial charge in [-0.15, -0.1) is 0 Å². The zero-order chi connectivity index (χ0) is 20.1. The second kappa shape index (κ2) is 8.94. The van der Waals surface area contributed by atoms with Crippen LogP contribution in [0.5, 0.6) is 0 Å². The minimum atomic E-state index is -0.0459. The fourth-order valence-corrected chi connectivity index (χ4v) is 3.60. The van der Waals surface area contributed by atoms with E-state index in [0.717, 1.165) is 63.8 Å². The number of hydrogen-bond donors (Lipinski definition) is 1. The molecule has 0 unspecified atom stereocenters. The molecule has 0 spiro atoms. The Labute approximate surface area is 168 Å². The van der Waals surface area contributed by atoms with Crippen molar-refractivity contribution in [2.45, 2.75) is 45.6 Å². The Kier molecular flexibility index (Phi) is 6.59. The molecule has 2 aliphatic heterocycles. The molecule has 8 nitrogen and oxygen atoms in total. The lowest BCUT2D eigenvalue weighted by Crippen LogP contribution is -2.54. The lowest BCUT2D eigenvalue weighted by molar-refractivity contribution is -0.131. The molecule has 1 aromatic rings. The highest BCUT2D eigenvalue weighted by molar-refractivity contribution is 5.80. The SMILES string of the molecule is CN=C(NCc1ncc(C(C)(C)C)o1)N1CCN(CC(=O)N2CCCC2)CC1. The molecule has 0 saturated carbocycles. The van der Waals surface area contributed by atoms with Gasteiger partial charge >= 0.3 is 0 Å². The lowest BCUT2D eigenvalue weighted by atomic mass is 9.94. The number of carbonyl (C=O) groups excluding carboxylic acids is 1. The molecule has 0 atom stereocenters. The Hall–Kier alpha value is -2.09. The van der Waals surface area contributed by atoms with E-state index in [1.807, 2.05) is 4.90 Å². The molecule has 28 heavy (non-hydrogen) atoms. The maximum Gasteiger partial charge on any atom is 0.236 e. The van der Waals surface area contributed by atoms with Gasteiger partial charge in [-0.05, 0) is 12.8 Å². The molecule has 0 aromatic carbocycles. The summed E-state index contributed by atoms with van der Waals surface area (Å²) in [5.41, 5.74) is -0.0459. The smallest absolute Gasteiger partial charge is 0.236 e. The van der Waals surface area contributed by atoms with E-state index in [1.165, 1.54) is 0 Å². The molecule has 2 aliphatic rings. The number of nitrogens with zero attached hydrogens (tertiary/aromatic N) is 5. The summed E-state index contributed by atoms with van der Waals surface area (Å²) >= 11 is 0.